The molecular weight excluding hydrogens is 320 g/mol. The fourth-order valence-electron chi connectivity index (χ4n) is 2.56. The molecule has 120 valence electrons. The molecule has 0 fully saturated rings. The summed E-state index contributed by atoms with van der Waals surface area (Å²) in [5.74, 6) is 0.217. The van der Waals surface area contributed by atoms with E-state index in [2.05, 4.69) is 41.4 Å². The third kappa shape index (κ3) is 2.65. The lowest BCUT2D eigenvalue weighted by atomic mass is 10.0. The van der Waals surface area contributed by atoms with Gasteiger partial charge in [-0.05, 0) is 41.8 Å². The van der Waals surface area contributed by atoms with Gasteiger partial charge in [0.15, 0.2) is 10.8 Å². The predicted molar refractivity (Wildman–Crippen MR) is 96.9 cm³/mol. The zero-order valence-electron chi connectivity index (χ0n) is 13.4. The minimum Gasteiger partial charge on any atom is -0.296 e. The highest BCUT2D eigenvalue weighted by Crippen LogP contribution is 2.29. The predicted octanol–water partition coefficient (Wildman–Crippen LogP) is 4.32. The largest absolute Gasteiger partial charge is 0.296 e. The van der Waals surface area contributed by atoms with Crippen molar-refractivity contribution in [3.63, 3.8) is 0 Å². The lowest BCUT2D eigenvalue weighted by Gasteiger charge is -2.03. The molecule has 0 bridgehead atoms. The molecule has 0 aliphatic carbocycles. The van der Waals surface area contributed by atoms with Crippen LogP contribution in [0, 0.1) is 0 Å². The summed E-state index contributed by atoms with van der Waals surface area (Å²) < 4.78 is 2.76. The van der Waals surface area contributed by atoms with Gasteiger partial charge in [-0.15, -0.1) is 0 Å². The molecule has 24 heavy (non-hydrogen) atoms. The van der Waals surface area contributed by atoms with Gasteiger partial charge in [-0.2, -0.15) is 5.10 Å². The number of nitrogens with zero attached hydrogens (tertiary/aromatic N) is 3. The van der Waals surface area contributed by atoms with Crippen molar-refractivity contribution in [2.24, 2.45) is 0 Å². The van der Waals surface area contributed by atoms with Crippen LogP contribution in [0.1, 0.15) is 35.8 Å². The molecule has 0 aliphatic heterocycles. The van der Waals surface area contributed by atoms with Crippen molar-refractivity contribution in [2.75, 3.05) is 5.32 Å². The molecule has 0 saturated carbocycles. The van der Waals surface area contributed by atoms with E-state index in [0.717, 1.165) is 15.7 Å². The molecule has 0 unspecified atom stereocenters. The Labute approximate surface area is 143 Å². The van der Waals surface area contributed by atoms with Crippen LogP contribution in [0.5, 0.6) is 0 Å². The average Bonchev–Trinajstić information content (AvgIpc) is 3.17. The van der Waals surface area contributed by atoms with Gasteiger partial charge in [0.2, 0.25) is 0 Å². The summed E-state index contributed by atoms with van der Waals surface area (Å²) in [4.78, 5) is 16.9. The van der Waals surface area contributed by atoms with Crippen molar-refractivity contribution in [3.05, 3.63) is 59.9 Å². The molecule has 3 aromatic heterocycles. The van der Waals surface area contributed by atoms with Gasteiger partial charge in [-0.25, -0.2) is 9.50 Å². The van der Waals surface area contributed by atoms with Gasteiger partial charge < -0.3 is 0 Å². The minimum atomic E-state index is -0.248. The number of carbonyl (C=O) groups excluding carboxylic acids is 1. The number of amides is 1. The van der Waals surface area contributed by atoms with Gasteiger partial charge >= 0.3 is 0 Å². The highest BCUT2D eigenvalue weighted by atomic mass is 32.1. The summed E-state index contributed by atoms with van der Waals surface area (Å²) in [5, 5.41) is 7.72. The summed E-state index contributed by atoms with van der Waals surface area (Å²) in [6, 6.07) is 13.7. The highest BCUT2D eigenvalue weighted by molar-refractivity contribution is 7.22. The first-order valence-corrected chi connectivity index (χ1v) is 8.58. The Morgan fingerprint density at radius 1 is 1.21 bits per heavy atom. The number of benzene rings is 1. The van der Waals surface area contributed by atoms with Crippen molar-refractivity contribution in [3.8, 4) is 0 Å². The van der Waals surface area contributed by atoms with Crippen molar-refractivity contribution in [1.82, 2.24) is 14.6 Å². The fourth-order valence-corrected chi connectivity index (χ4v) is 3.47. The first kappa shape index (κ1) is 14.8. The fraction of sp³-hybridized carbons (Fsp3) is 0.167. The first-order valence-electron chi connectivity index (χ1n) is 7.76. The van der Waals surface area contributed by atoms with Crippen LogP contribution >= 0.6 is 11.3 Å². The van der Waals surface area contributed by atoms with Gasteiger partial charge in [-0.3, -0.25) is 10.1 Å². The third-order valence-corrected chi connectivity index (χ3v) is 4.84. The Morgan fingerprint density at radius 2 is 2.08 bits per heavy atom. The van der Waals surface area contributed by atoms with Gasteiger partial charge in [0.05, 0.1) is 15.7 Å². The molecule has 1 aromatic carbocycles. The molecule has 6 heteroatoms. The first-order chi connectivity index (χ1) is 11.6. The van der Waals surface area contributed by atoms with Gasteiger partial charge in [0.1, 0.15) is 0 Å². The number of thiazole rings is 1. The number of hydrogen-bond acceptors (Lipinski definition) is 4. The number of fused-ring (bicyclic) bond motifs is 2. The average molecular weight is 336 g/mol. The van der Waals surface area contributed by atoms with Crippen LogP contribution in [0.3, 0.4) is 0 Å². The number of nitrogens with one attached hydrogen (secondary N) is 1. The van der Waals surface area contributed by atoms with Crippen LogP contribution in [0.25, 0.3) is 15.7 Å². The Balaban J connectivity index is 1.62. The molecule has 0 radical (unpaired) electrons. The molecule has 0 atom stereocenters. The highest BCUT2D eigenvalue weighted by Gasteiger charge is 2.14. The molecule has 5 nitrogen and oxygen atoms in total. The maximum absolute atomic E-state index is 12.4. The van der Waals surface area contributed by atoms with E-state index in [-0.39, 0.29) is 5.91 Å². The van der Waals surface area contributed by atoms with E-state index < -0.39 is 0 Å². The van der Waals surface area contributed by atoms with E-state index in [0.29, 0.717) is 16.7 Å². The Kier molecular flexibility index (Phi) is 3.54. The normalized spacial score (nSPS) is 11.5. The molecule has 4 aromatic rings. The number of aromatic nitrogens is 3. The van der Waals surface area contributed by atoms with Crippen LogP contribution in [-0.4, -0.2) is 20.5 Å². The summed E-state index contributed by atoms with van der Waals surface area (Å²) in [5.41, 5.74) is 3.43. The summed E-state index contributed by atoms with van der Waals surface area (Å²) in [7, 11) is 0. The van der Waals surface area contributed by atoms with Crippen LogP contribution in [-0.2, 0) is 0 Å². The van der Waals surface area contributed by atoms with E-state index in [1.807, 2.05) is 30.5 Å². The van der Waals surface area contributed by atoms with Crippen molar-refractivity contribution < 1.29 is 4.79 Å². The summed E-state index contributed by atoms with van der Waals surface area (Å²) >= 11 is 1.48. The number of anilines is 1. The Morgan fingerprint density at radius 3 is 2.88 bits per heavy atom. The van der Waals surface area contributed by atoms with Gasteiger partial charge in [0, 0.05) is 6.20 Å². The quantitative estimate of drug-likeness (QED) is 0.606. The van der Waals surface area contributed by atoms with Crippen LogP contribution < -0.4 is 5.32 Å². The molecule has 4 rings (SSSR count). The lowest BCUT2D eigenvalue weighted by Crippen LogP contribution is -2.12. The monoisotopic (exact) mass is 336 g/mol. The molecule has 0 spiro atoms. The molecule has 1 amide bonds. The zero-order chi connectivity index (χ0) is 16.7. The molecule has 1 N–H and O–H groups in total. The van der Waals surface area contributed by atoms with Crippen LogP contribution in [0.4, 0.5) is 5.13 Å². The maximum atomic E-state index is 12.4. The van der Waals surface area contributed by atoms with Gasteiger partial charge in [-0.1, -0.05) is 37.3 Å². The van der Waals surface area contributed by atoms with E-state index in [9.17, 15) is 4.79 Å². The third-order valence-electron chi connectivity index (χ3n) is 3.90. The van der Waals surface area contributed by atoms with Gasteiger partial charge in [0.25, 0.3) is 5.91 Å². The SMILES string of the molecule is CC(C)c1ccc2nc(NC(=O)c3cc4ccccn4n3)sc2c1. The molecule has 0 saturated heterocycles. The van der Waals surface area contributed by atoms with Crippen LogP contribution in [0.15, 0.2) is 48.7 Å². The second-order valence-corrected chi connectivity index (χ2v) is 6.99. The smallest absolute Gasteiger partial charge is 0.277 e. The van der Waals surface area contributed by atoms with Crippen molar-refractivity contribution >= 4 is 38.1 Å². The standard InChI is InChI=1S/C18H16N4OS/c1-11(2)12-6-7-14-16(9-12)24-18(19-14)20-17(23)15-10-13-5-3-4-8-22(13)21-15/h3-11H,1-2H3,(H,19,20,23). The van der Waals surface area contributed by atoms with E-state index in [4.69, 9.17) is 0 Å². The minimum absolute atomic E-state index is 0.248. The van der Waals surface area contributed by atoms with E-state index in [1.165, 1.54) is 16.9 Å². The topological polar surface area (TPSA) is 59.3 Å². The number of rotatable bonds is 3. The van der Waals surface area contributed by atoms with E-state index >= 15 is 0 Å². The Hall–Kier alpha value is -2.73. The second-order valence-electron chi connectivity index (χ2n) is 5.95. The van der Waals surface area contributed by atoms with Crippen molar-refractivity contribution in [1.29, 1.82) is 0 Å². The van der Waals surface area contributed by atoms with E-state index in [1.54, 1.807) is 10.6 Å². The van der Waals surface area contributed by atoms with Crippen molar-refractivity contribution in [2.45, 2.75) is 19.8 Å². The zero-order valence-corrected chi connectivity index (χ0v) is 14.2. The second kappa shape index (κ2) is 5.72. The Bertz CT molecular complexity index is 1010. The molecular formula is C18H16N4OS. The lowest BCUT2D eigenvalue weighted by molar-refractivity contribution is 0.102. The molecule has 0 aliphatic rings. The van der Waals surface area contributed by atoms with Crippen LogP contribution in [0.2, 0.25) is 0 Å². The summed E-state index contributed by atoms with van der Waals surface area (Å²) in [6.07, 6.45) is 1.82. The summed E-state index contributed by atoms with van der Waals surface area (Å²) in [6.45, 7) is 4.32. The number of carbonyl (C=O) groups is 1. The number of hydrogen-bond donors (Lipinski definition) is 1. The number of pyridine rings is 1. The molecule has 3 heterocycles. The maximum Gasteiger partial charge on any atom is 0.277 e.